The predicted octanol–water partition coefficient (Wildman–Crippen LogP) is 2.06. The lowest BCUT2D eigenvalue weighted by molar-refractivity contribution is 0.0463. The summed E-state index contributed by atoms with van der Waals surface area (Å²) in [5, 5.41) is 3.38. The molecule has 3 N–H and O–H groups in total. The first kappa shape index (κ1) is 14.6. The van der Waals surface area contributed by atoms with E-state index in [1.54, 1.807) is 12.1 Å². The molecular weight excluding hydrogens is 288 g/mol. The van der Waals surface area contributed by atoms with Crippen LogP contribution in [0, 0.1) is 0 Å². The van der Waals surface area contributed by atoms with Crippen LogP contribution in [-0.2, 0) is 0 Å². The molecule has 21 heavy (non-hydrogen) atoms. The van der Waals surface area contributed by atoms with Gasteiger partial charge in [-0.1, -0.05) is 18.0 Å². The summed E-state index contributed by atoms with van der Waals surface area (Å²) in [6, 6.07) is 4.54. The van der Waals surface area contributed by atoms with Crippen LogP contribution in [0.5, 0.6) is 0 Å². The highest BCUT2D eigenvalue weighted by Gasteiger charge is 2.36. The number of carbonyl (C=O) groups is 1. The molecule has 0 radical (unpaired) electrons. The number of rotatable bonds is 2. The molecule has 2 aliphatic heterocycles. The van der Waals surface area contributed by atoms with Gasteiger partial charge in [-0.2, -0.15) is 0 Å². The van der Waals surface area contributed by atoms with Gasteiger partial charge in [0.15, 0.2) is 0 Å². The van der Waals surface area contributed by atoms with Gasteiger partial charge in [-0.15, -0.1) is 0 Å². The topological polar surface area (TPSA) is 71.2 Å². The number of pyridine rings is 1. The number of nitrogens with one attached hydrogen (secondary N) is 1. The highest BCUT2D eigenvalue weighted by atomic mass is 35.5. The summed E-state index contributed by atoms with van der Waals surface area (Å²) in [5.41, 5.74) is 6.12. The van der Waals surface area contributed by atoms with Crippen molar-refractivity contribution in [1.29, 1.82) is 0 Å². The number of aromatic nitrogens is 1. The van der Waals surface area contributed by atoms with Crippen LogP contribution in [0.15, 0.2) is 12.1 Å². The maximum atomic E-state index is 12.4. The van der Waals surface area contributed by atoms with Crippen molar-refractivity contribution in [3.8, 4) is 0 Å². The Morgan fingerprint density at radius 1 is 1.38 bits per heavy atom. The number of carbonyl (C=O) groups excluding carboxylic acids is 1. The number of nitrogens with zero attached hydrogens (tertiary/aromatic N) is 2. The first-order valence-electron chi connectivity index (χ1n) is 7.49. The molecule has 1 amide bonds. The van der Waals surface area contributed by atoms with E-state index < -0.39 is 0 Å². The summed E-state index contributed by atoms with van der Waals surface area (Å²) >= 11 is 5.86. The summed E-state index contributed by atoms with van der Waals surface area (Å²) in [5.74, 6) is 0.159. The fraction of sp³-hybridized carbons (Fsp3) is 0.600. The minimum Gasteiger partial charge on any atom is -0.384 e. The molecule has 3 rings (SSSR count). The smallest absolute Gasteiger partial charge is 0.251 e. The number of nitrogens with two attached hydrogens (primary N) is 1. The molecule has 0 saturated carbocycles. The molecule has 3 heterocycles. The molecule has 2 aliphatic rings. The molecule has 1 aromatic heterocycles. The first-order chi connectivity index (χ1) is 10.0. The molecule has 0 aromatic carbocycles. The van der Waals surface area contributed by atoms with Crippen molar-refractivity contribution in [2.75, 3.05) is 12.8 Å². The van der Waals surface area contributed by atoms with Crippen molar-refractivity contribution < 1.29 is 4.79 Å². The van der Waals surface area contributed by atoms with Crippen LogP contribution in [0.25, 0.3) is 0 Å². The van der Waals surface area contributed by atoms with E-state index in [0.717, 1.165) is 12.8 Å². The third-order valence-electron chi connectivity index (χ3n) is 4.75. The first-order valence-corrected chi connectivity index (χ1v) is 7.86. The van der Waals surface area contributed by atoms with Gasteiger partial charge >= 0.3 is 0 Å². The number of amides is 1. The minimum absolute atomic E-state index is 0.112. The highest BCUT2D eigenvalue weighted by molar-refractivity contribution is 6.29. The Kier molecular flexibility index (Phi) is 4.04. The van der Waals surface area contributed by atoms with E-state index in [2.05, 4.69) is 22.2 Å². The van der Waals surface area contributed by atoms with Crippen LogP contribution in [0.1, 0.15) is 42.5 Å². The van der Waals surface area contributed by atoms with Gasteiger partial charge in [0.1, 0.15) is 11.0 Å². The largest absolute Gasteiger partial charge is 0.384 e. The maximum absolute atomic E-state index is 12.4. The fourth-order valence-electron chi connectivity index (χ4n) is 3.65. The molecule has 2 unspecified atom stereocenters. The normalized spacial score (nSPS) is 29.1. The second-order valence-corrected chi connectivity index (χ2v) is 6.54. The van der Waals surface area contributed by atoms with E-state index in [0.29, 0.717) is 17.6 Å². The van der Waals surface area contributed by atoms with Crippen molar-refractivity contribution in [3.05, 3.63) is 22.8 Å². The summed E-state index contributed by atoms with van der Waals surface area (Å²) in [6.07, 6.45) is 5.80. The molecule has 114 valence electrons. The van der Waals surface area contributed by atoms with E-state index in [-0.39, 0.29) is 22.9 Å². The summed E-state index contributed by atoms with van der Waals surface area (Å²) in [6.45, 7) is 0. The van der Waals surface area contributed by atoms with E-state index in [1.165, 1.54) is 19.3 Å². The van der Waals surface area contributed by atoms with Gasteiger partial charge in [-0.3, -0.25) is 4.79 Å². The Hall–Kier alpha value is -1.33. The quantitative estimate of drug-likeness (QED) is 0.820. The number of hydrogen-bond donors (Lipinski definition) is 2. The van der Waals surface area contributed by atoms with Crippen LogP contribution in [-0.4, -0.2) is 41.0 Å². The zero-order valence-corrected chi connectivity index (χ0v) is 12.9. The summed E-state index contributed by atoms with van der Waals surface area (Å²) in [4.78, 5) is 18.7. The Morgan fingerprint density at radius 2 is 2.05 bits per heavy atom. The third kappa shape index (κ3) is 3.14. The molecule has 1 aromatic rings. The van der Waals surface area contributed by atoms with Crippen LogP contribution >= 0.6 is 11.6 Å². The van der Waals surface area contributed by atoms with Crippen molar-refractivity contribution in [1.82, 2.24) is 15.2 Å². The maximum Gasteiger partial charge on any atom is 0.251 e. The van der Waals surface area contributed by atoms with Gasteiger partial charge in [-0.05, 0) is 44.9 Å². The molecule has 2 fully saturated rings. The van der Waals surface area contributed by atoms with Gasteiger partial charge in [0.2, 0.25) is 0 Å². The number of piperidine rings is 2. The average Bonchev–Trinajstić information content (AvgIpc) is 2.38. The summed E-state index contributed by atoms with van der Waals surface area (Å²) in [7, 11) is 2.20. The molecular formula is C15H21ClN4O. The third-order valence-corrected chi connectivity index (χ3v) is 4.94. The van der Waals surface area contributed by atoms with Gasteiger partial charge in [0.25, 0.3) is 5.91 Å². The van der Waals surface area contributed by atoms with Crippen LogP contribution in [0.3, 0.4) is 0 Å². The highest BCUT2D eigenvalue weighted by Crippen LogP contribution is 2.32. The number of nitrogen functional groups attached to an aromatic ring is 1. The molecule has 2 saturated heterocycles. The number of halogens is 1. The van der Waals surface area contributed by atoms with E-state index >= 15 is 0 Å². The zero-order valence-electron chi connectivity index (χ0n) is 12.2. The van der Waals surface area contributed by atoms with E-state index in [4.69, 9.17) is 17.3 Å². The zero-order chi connectivity index (χ0) is 15.0. The number of hydrogen-bond acceptors (Lipinski definition) is 4. The van der Waals surface area contributed by atoms with Crippen molar-refractivity contribution >= 4 is 23.3 Å². The van der Waals surface area contributed by atoms with Crippen LogP contribution in [0.2, 0.25) is 5.15 Å². The van der Waals surface area contributed by atoms with Gasteiger partial charge in [-0.25, -0.2) is 4.98 Å². The minimum atomic E-state index is -0.112. The van der Waals surface area contributed by atoms with E-state index in [1.807, 2.05) is 0 Å². The summed E-state index contributed by atoms with van der Waals surface area (Å²) < 4.78 is 0. The number of fused-ring (bicyclic) bond motifs is 2. The Labute approximate surface area is 129 Å². The molecule has 2 bridgehead atoms. The molecule has 5 nitrogen and oxygen atoms in total. The Morgan fingerprint density at radius 3 is 2.67 bits per heavy atom. The van der Waals surface area contributed by atoms with Crippen molar-refractivity contribution in [2.45, 2.75) is 50.2 Å². The SMILES string of the molecule is CN1C2CCCC1CC(NC(=O)c1cc(N)nc(Cl)c1)C2. The van der Waals surface area contributed by atoms with Gasteiger partial charge < -0.3 is 16.0 Å². The van der Waals surface area contributed by atoms with Gasteiger partial charge in [0, 0.05) is 23.7 Å². The lowest BCUT2D eigenvalue weighted by Gasteiger charge is -2.47. The van der Waals surface area contributed by atoms with Gasteiger partial charge in [0.05, 0.1) is 0 Å². The number of anilines is 1. The monoisotopic (exact) mass is 308 g/mol. The second-order valence-electron chi connectivity index (χ2n) is 6.15. The second kappa shape index (κ2) is 5.81. The predicted molar refractivity (Wildman–Crippen MR) is 83.3 cm³/mol. The molecule has 6 heteroatoms. The average molecular weight is 309 g/mol. The lowest BCUT2D eigenvalue weighted by Crippen LogP contribution is -2.55. The Bertz CT molecular complexity index is 516. The standard InChI is InChI=1S/C15H21ClN4O/c1-20-11-3-2-4-12(20)8-10(7-11)18-15(21)9-5-13(16)19-14(17)6-9/h5-6,10-12H,2-4,7-8H2,1H3,(H2,17,19)(H,18,21). The lowest BCUT2D eigenvalue weighted by atomic mass is 9.82. The van der Waals surface area contributed by atoms with Crippen molar-refractivity contribution in [2.24, 2.45) is 0 Å². The molecule has 0 aliphatic carbocycles. The van der Waals surface area contributed by atoms with E-state index in [9.17, 15) is 4.79 Å². The molecule has 0 spiro atoms. The Balaban J connectivity index is 1.68. The fourth-order valence-corrected chi connectivity index (χ4v) is 3.87. The van der Waals surface area contributed by atoms with Crippen LogP contribution in [0.4, 0.5) is 5.82 Å². The van der Waals surface area contributed by atoms with Crippen molar-refractivity contribution in [3.63, 3.8) is 0 Å². The van der Waals surface area contributed by atoms with Crippen LogP contribution < -0.4 is 11.1 Å². The molecule has 2 atom stereocenters.